The van der Waals surface area contributed by atoms with Gasteiger partial charge >= 0.3 is 12.0 Å². The number of amides is 2. The molecule has 0 fully saturated rings. The van der Waals surface area contributed by atoms with E-state index in [2.05, 4.69) is 5.32 Å². The molecular formula is C10H17N3O4. The summed E-state index contributed by atoms with van der Waals surface area (Å²) in [6, 6.07) is 0.265. The number of aliphatic hydroxyl groups is 1. The second-order valence-electron chi connectivity index (χ2n) is 3.34. The van der Waals surface area contributed by atoms with Crippen LogP contribution >= 0.6 is 0 Å². The van der Waals surface area contributed by atoms with Crippen molar-refractivity contribution >= 4 is 12.0 Å². The van der Waals surface area contributed by atoms with E-state index in [0.717, 1.165) is 0 Å². The molecule has 0 aliphatic carbocycles. The molecule has 3 N–H and O–H groups in total. The number of carboxylic acid groups (broad SMARTS) is 1. The normalized spacial score (nSPS) is 11.4. The Hall–Kier alpha value is -1.81. The van der Waals surface area contributed by atoms with Crippen molar-refractivity contribution in [2.75, 3.05) is 19.7 Å². The molecule has 0 rings (SSSR count). The van der Waals surface area contributed by atoms with E-state index in [1.54, 1.807) is 6.92 Å². The number of carbonyl (C=O) groups is 2. The number of carboxylic acids is 1. The molecular weight excluding hydrogens is 226 g/mol. The van der Waals surface area contributed by atoms with Crippen molar-refractivity contribution in [3.8, 4) is 6.07 Å². The van der Waals surface area contributed by atoms with Gasteiger partial charge in [-0.2, -0.15) is 5.26 Å². The van der Waals surface area contributed by atoms with Gasteiger partial charge in [-0.1, -0.05) is 0 Å². The third-order valence-corrected chi connectivity index (χ3v) is 2.18. The van der Waals surface area contributed by atoms with Gasteiger partial charge in [0, 0.05) is 26.1 Å². The lowest BCUT2D eigenvalue weighted by Gasteiger charge is -2.22. The number of rotatable bonds is 7. The molecule has 0 saturated heterocycles. The number of hydrogen-bond acceptors (Lipinski definition) is 4. The van der Waals surface area contributed by atoms with E-state index < -0.39 is 18.0 Å². The predicted octanol–water partition coefficient (Wildman–Crippen LogP) is -0.233. The molecule has 0 aromatic carbocycles. The van der Waals surface area contributed by atoms with Gasteiger partial charge in [0.15, 0.2) is 0 Å². The summed E-state index contributed by atoms with van der Waals surface area (Å²) in [5.74, 6) is -1.19. The number of nitriles is 1. The highest BCUT2D eigenvalue weighted by molar-refractivity contribution is 5.82. The van der Waals surface area contributed by atoms with Crippen LogP contribution in [0.4, 0.5) is 4.79 Å². The summed E-state index contributed by atoms with van der Waals surface area (Å²) in [4.78, 5) is 23.7. The van der Waals surface area contributed by atoms with E-state index in [1.807, 2.05) is 6.07 Å². The van der Waals surface area contributed by atoms with Crippen LogP contribution in [0.15, 0.2) is 0 Å². The summed E-state index contributed by atoms with van der Waals surface area (Å²) < 4.78 is 0. The van der Waals surface area contributed by atoms with Crippen molar-refractivity contribution in [1.29, 1.82) is 5.26 Å². The maximum Gasteiger partial charge on any atom is 0.326 e. The molecule has 0 aromatic rings. The number of carbonyl (C=O) groups excluding carboxylic acids is 1. The number of hydrogen-bond donors (Lipinski definition) is 3. The minimum atomic E-state index is -1.19. The number of nitrogens with zero attached hydrogens (tertiary/aromatic N) is 2. The third kappa shape index (κ3) is 5.73. The zero-order valence-electron chi connectivity index (χ0n) is 9.72. The van der Waals surface area contributed by atoms with Crippen LogP contribution in [0.5, 0.6) is 0 Å². The minimum absolute atomic E-state index is 0.0448. The van der Waals surface area contributed by atoms with Crippen LogP contribution in [0.3, 0.4) is 0 Å². The van der Waals surface area contributed by atoms with E-state index in [4.69, 9.17) is 15.5 Å². The molecule has 96 valence electrons. The SMILES string of the molecule is CCN(CCC#N)C(=O)N[C@H](CCO)C(=O)O. The Morgan fingerprint density at radius 1 is 1.53 bits per heavy atom. The quantitative estimate of drug-likeness (QED) is 0.571. The molecule has 0 aliphatic heterocycles. The molecule has 0 bridgehead atoms. The first-order chi connectivity index (χ1) is 8.06. The van der Waals surface area contributed by atoms with Crippen molar-refractivity contribution in [1.82, 2.24) is 10.2 Å². The Morgan fingerprint density at radius 3 is 2.59 bits per heavy atom. The monoisotopic (exact) mass is 243 g/mol. The lowest BCUT2D eigenvalue weighted by atomic mass is 10.2. The van der Waals surface area contributed by atoms with Crippen LogP contribution in [-0.4, -0.2) is 52.9 Å². The van der Waals surface area contributed by atoms with Gasteiger partial charge in [-0.15, -0.1) is 0 Å². The molecule has 7 heteroatoms. The molecule has 2 amide bonds. The molecule has 0 saturated carbocycles. The highest BCUT2D eigenvalue weighted by Gasteiger charge is 2.21. The van der Waals surface area contributed by atoms with Gasteiger partial charge in [0.05, 0.1) is 12.5 Å². The average Bonchev–Trinajstić information content (AvgIpc) is 2.29. The third-order valence-electron chi connectivity index (χ3n) is 2.18. The van der Waals surface area contributed by atoms with E-state index >= 15 is 0 Å². The summed E-state index contributed by atoms with van der Waals surface area (Å²) in [6.07, 6.45) is 0.149. The van der Waals surface area contributed by atoms with Gasteiger partial charge in [0.2, 0.25) is 0 Å². The molecule has 0 aromatic heterocycles. The van der Waals surface area contributed by atoms with Gasteiger partial charge in [0.1, 0.15) is 6.04 Å². The van der Waals surface area contributed by atoms with Crippen LogP contribution in [0, 0.1) is 11.3 Å². The lowest BCUT2D eigenvalue weighted by molar-refractivity contribution is -0.139. The zero-order valence-corrected chi connectivity index (χ0v) is 9.72. The van der Waals surface area contributed by atoms with Crippen molar-refractivity contribution in [2.24, 2.45) is 0 Å². The fourth-order valence-corrected chi connectivity index (χ4v) is 1.22. The summed E-state index contributed by atoms with van der Waals surface area (Å²) >= 11 is 0. The molecule has 17 heavy (non-hydrogen) atoms. The van der Waals surface area contributed by atoms with Gasteiger partial charge in [-0.05, 0) is 6.92 Å². The smallest absolute Gasteiger partial charge is 0.326 e. The van der Waals surface area contributed by atoms with E-state index in [-0.39, 0.29) is 26.0 Å². The number of nitrogens with one attached hydrogen (secondary N) is 1. The summed E-state index contributed by atoms with van der Waals surface area (Å²) in [6.45, 7) is 2.06. The Morgan fingerprint density at radius 2 is 2.18 bits per heavy atom. The first-order valence-corrected chi connectivity index (χ1v) is 5.32. The Balaban J connectivity index is 4.36. The minimum Gasteiger partial charge on any atom is -0.480 e. The van der Waals surface area contributed by atoms with Crippen LogP contribution in [-0.2, 0) is 4.79 Å². The molecule has 0 aliphatic rings. The fraction of sp³-hybridized carbons (Fsp3) is 0.700. The number of aliphatic carboxylic acids is 1. The average molecular weight is 243 g/mol. The molecule has 0 radical (unpaired) electrons. The second-order valence-corrected chi connectivity index (χ2v) is 3.34. The van der Waals surface area contributed by atoms with Crippen LogP contribution < -0.4 is 5.32 Å². The summed E-state index contributed by atoms with van der Waals surface area (Å²) in [5.41, 5.74) is 0. The van der Waals surface area contributed by atoms with Gasteiger partial charge < -0.3 is 20.4 Å². The first kappa shape index (κ1) is 15.2. The molecule has 1 atom stereocenters. The van der Waals surface area contributed by atoms with Crippen molar-refractivity contribution in [3.05, 3.63) is 0 Å². The molecule has 0 spiro atoms. The highest BCUT2D eigenvalue weighted by atomic mass is 16.4. The maximum atomic E-state index is 11.6. The first-order valence-electron chi connectivity index (χ1n) is 5.32. The zero-order chi connectivity index (χ0) is 13.3. The number of urea groups is 1. The van der Waals surface area contributed by atoms with Gasteiger partial charge in [-0.3, -0.25) is 0 Å². The van der Waals surface area contributed by atoms with E-state index in [0.29, 0.717) is 6.54 Å². The van der Waals surface area contributed by atoms with Crippen molar-refractivity contribution < 1.29 is 19.8 Å². The topological polar surface area (TPSA) is 114 Å². The van der Waals surface area contributed by atoms with Gasteiger partial charge in [-0.25, -0.2) is 9.59 Å². The van der Waals surface area contributed by atoms with Gasteiger partial charge in [0.25, 0.3) is 0 Å². The Kier molecular flexibility index (Phi) is 7.46. The fourth-order valence-electron chi connectivity index (χ4n) is 1.22. The second kappa shape index (κ2) is 8.35. The van der Waals surface area contributed by atoms with Crippen LogP contribution in [0.25, 0.3) is 0 Å². The molecule has 0 heterocycles. The van der Waals surface area contributed by atoms with Crippen molar-refractivity contribution in [3.63, 3.8) is 0 Å². The predicted molar refractivity (Wildman–Crippen MR) is 59.1 cm³/mol. The van der Waals surface area contributed by atoms with E-state index in [9.17, 15) is 9.59 Å². The Labute approximate surface area is 99.6 Å². The molecule has 7 nitrogen and oxygen atoms in total. The highest BCUT2D eigenvalue weighted by Crippen LogP contribution is 1.97. The summed E-state index contributed by atoms with van der Waals surface area (Å²) in [5, 5.41) is 28.2. The van der Waals surface area contributed by atoms with Crippen molar-refractivity contribution in [2.45, 2.75) is 25.8 Å². The Bertz CT molecular complexity index is 300. The van der Waals surface area contributed by atoms with E-state index in [1.165, 1.54) is 4.90 Å². The van der Waals surface area contributed by atoms with Crippen LogP contribution in [0.1, 0.15) is 19.8 Å². The lowest BCUT2D eigenvalue weighted by Crippen LogP contribution is -2.48. The summed E-state index contributed by atoms with van der Waals surface area (Å²) in [7, 11) is 0. The standard InChI is InChI=1S/C10H17N3O4/c1-2-13(6-3-5-11)10(17)12-8(4-7-14)9(15)16/h8,14H,2-4,6-7H2,1H3,(H,12,17)(H,15,16)/t8-/m1/s1. The largest absolute Gasteiger partial charge is 0.480 e. The molecule has 0 unspecified atom stereocenters. The maximum absolute atomic E-state index is 11.6. The van der Waals surface area contributed by atoms with Crippen LogP contribution in [0.2, 0.25) is 0 Å². The number of aliphatic hydroxyl groups excluding tert-OH is 1.